The highest BCUT2D eigenvalue weighted by Crippen LogP contribution is 2.30. The molecule has 116 valence electrons. The Hall–Kier alpha value is -1.36. The van der Waals surface area contributed by atoms with E-state index >= 15 is 0 Å². The van der Waals surface area contributed by atoms with E-state index in [2.05, 4.69) is 14.9 Å². The zero-order chi connectivity index (χ0) is 15.7. The van der Waals surface area contributed by atoms with Crippen LogP contribution in [0.15, 0.2) is 24.4 Å². The minimum absolute atomic E-state index is 0.0433. The molecule has 4 nitrogen and oxygen atoms in total. The minimum Gasteiger partial charge on any atom is -0.370 e. The molecule has 1 fully saturated rings. The summed E-state index contributed by atoms with van der Waals surface area (Å²) in [5.41, 5.74) is 2.10. The zero-order valence-electron chi connectivity index (χ0n) is 12.5. The number of morpholine rings is 1. The first-order valence-electron chi connectivity index (χ1n) is 7.16. The fourth-order valence-electron chi connectivity index (χ4n) is 2.59. The van der Waals surface area contributed by atoms with E-state index in [-0.39, 0.29) is 6.10 Å². The third kappa shape index (κ3) is 3.19. The third-order valence-corrected chi connectivity index (χ3v) is 4.49. The monoisotopic (exact) mass is 337 g/mol. The summed E-state index contributed by atoms with van der Waals surface area (Å²) in [6.45, 7) is 6.12. The molecule has 0 bridgehead atoms. The van der Waals surface area contributed by atoms with Crippen LogP contribution < -0.4 is 4.90 Å². The minimum atomic E-state index is -0.0433. The van der Waals surface area contributed by atoms with E-state index in [4.69, 9.17) is 27.9 Å². The Morgan fingerprint density at radius 3 is 2.82 bits per heavy atom. The van der Waals surface area contributed by atoms with Crippen molar-refractivity contribution in [1.29, 1.82) is 0 Å². The molecule has 0 saturated carbocycles. The van der Waals surface area contributed by atoms with Gasteiger partial charge in [-0.15, -0.1) is 0 Å². The van der Waals surface area contributed by atoms with E-state index in [1.807, 2.05) is 38.2 Å². The molecule has 2 heterocycles. The van der Waals surface area contributed by atoms with Crippen molar-refractivity contribution >= 4 is 29.0 Å². The van der Waals surface area contributed by atoms with Gasteiger partial charge in [0.1, 0.15) is 17.7 Å². The first-order valence-corrected chi connectivity index (χ1v) is 7.92. The van der Waals surface area contributed by atoms with E-state index in [1.54, 1.807) is 0 Å². The molecule has 1 aliphatic rings. The van der Waals surface area contributed by atoms with Crippen LogP contribution in [-0.4, -0.2) is 29.7 Å². The molecule has 1 atom stereocenters. The van der Waals surface area contributed by atoms with E-state index < -0.39 is 0 Å². The second-order valence-corrected chi connectivity index (χ2v) is 6.22. The summed E-state index contributed by atoms with van der Waals surface area (Å²) in [7, 11) is 0. The van der Waals surface area contributed by atoms with Crippen LogP contribution in [0.1, 0.15) is 23.1 Å². The highest BCUT2D eigenvalue weighted by Gasteiger charge is 2.24. The van der Waals surface area contributed by atoms with Crippen molar-refractivity contribution in [2.75, 3.05) is 24.6 Å². The summed E-state index contributed by atoms with van der Waals surface area (Å²) in [6.07, 6.45) is 1.82. The Bertz CT molecular complexity index is 693. The molecule has 0 aliphatic carbocycles. The normalized spacial score (nSPS) is 18.5. The van der Waals surface area contributed by atoms with Gasteiger partial charge in [-0.2, -0.15) is 0 Å². The van der Waals surface area contributed by atoms with Crippen LogP contribution >= 0.6 is 23.2 Å². The molecule has 1 aliphatic heterocycles. The molecule has 3 rings (SSSR count). The van der Waals surface area contributed by atoms with E-state index in [1.165, 1.54) is 0 Å². The molecule has 0 amide bonds. The Morgan fingerprint density at radius 2 is 2.05 bits per heavy atom. The number of aryl methyl sites for hydroxylation is 2. The standard InChI is InChI=1S/C16H17Cl2N3O/c1-10-8-19-11(2)20-16(10)21-5-6-22-15(9-21)12-3-4-13(17)14(18)7-12/h3-4,7-8,15H,5-6,9H2,1-2H3/t15-/m0/s1. The highest BCUT2D eigenvalue weighted by atomic mass is 35.5. The van der Waals surface area contributed by atoms with Crippen molar-refractivity contribution in [3.05, 3.63) is 51.4 Å². The first-order chi connectivity index (χ1) is 10.5. The molecule has 2 aromatic rings. The van der Waals surface area contributed by atoms with Crippen LogP contribution in [0.3, 0.4) is 0 Å². The SMILES string of the molecule is Cc1ncc(C)c(N2CCO[C@H](c3ccc(Cl)c(Cl)c3)C2)n1. The molecule has 1 saturated heterocycles. The van der Waals surface area contributed by atoms with Crippen LogP contribution in [0, 0.1) is 13.8 Å². The van der Waals surface area contributed by atoms with E-state index in [9.17, 15) is 0 Å². The van der Waals surface area contributed by atoms with Crippen molar-refractivity contribution in [2.45, 2.75) is 20.0 Å². The third-order valence-electron chi connectivity index (χ3n) is 3.75. The fourth-order valence-corrected chi connectivity index (χ4v) is 2.90. The lowest BCUT2D eigenvalue weighted by Gasteiger charge is -2.34. The number of aromatic nitrogens is 2. The number of rotatable bonds is 2. The van der Waals surface area contributed by atoms with Crippen molar-refractivity contribution in [2.24, 2.45) is 0 Å². The summed E-state index contributed by atoms with van der Waals surface area (Å²) in [5, 5.41) is 1.11. The number of ether oxygens (including phenoxy) is 1. The van der Waals surface area contributed by atoms with Crippen molar-refractivity contribution < 1.29 is 4.74 Å². The van der Waals surface area contributed by atoms with Gasteiger partial charge in [0.2, 0.25) is 0 Å². The molecular formula is C16H17Cl2N3O. The van der Waals surface area contributed by atoms with Crippen LogP contribution in [0.5, 0.6) is 0 Å². The van der Waals surface area contributed by atoms with Gasteiger partial charge in [0.15, 0.2) is 0 Å². The number of anilines is 1. The number of halogens is 2. The maximum atomic E-state index is 6.11. The largest absolute Gasteiger partial charge is 0.370 e. The van der Waals surface area contributed by atoms with Gasteiger partial charge in [0.05, 0.1) is 16.7 Å². The number of hydrogen-bond donors (Lipinski definition) is 0. The molecule has 1 aromatic carbocycles. The Kier molecular flexibility index (Phi) is 4.52. The number of benzene rings is 1. The Labute approximate surface area is 140 Å². The summed E-state index contributed by atoms with van der Waals surface area (Å²) in [4.78, 5) is 11.0. The van der Waals surface area contributed by atoms with Gasteiger partial charge in [0, 0.05) is 24.8 Å². The van der Waals surface area contributed by atoms with Crippen LogP contribution in [-0.2, 0) is 4.74 Å². The molecule has 0 radical (unpaired) electrons. The van der Waals surface area contributed by atoms with Gasteiger partial charge in [-0.25, -0.2) is 9.97 Å². The summed E-state index contributed by atoms with van der Waals surface area (Å²) < 4.78 is 5.89. The molecular weight excluding hydrogens is 321 g/mol. The molecule has 0 unspecified atom stereocenters. The van der Waals surface area contributed by atoms with Crippen molar-refractivity contribution in [3.63, 3.8) is 0 Å². The topological polar surface area (TPSA) is 38.2 Å². The molecule has 22 heavy (non-hydrogen) atoms. The maximum absolute atomic E-state index is 6.11. The zero-order valence-corrected chi connectivity index (χ0v) is 14.0. The van der Waals surface area contributed by atoms with E-state index in [0.717, 1.165) is 35.9 Å². The predicted octanol–water partition coefficient (Wildman–Crippen LogP) is 3.98. The van der Waals surface area contributed by atoms with Gasteiger partial charge in [-0.1, -0.05) is 29.3 Å². The van der Waals surface area contributed by atoms with Gasteiger partial charge < -0.3 is 9.64 Å². The fraction of sp³-hybridized carbons (Fsp3) is 0.375. The van der Waals surface area contributed by atoms with Gasteiger partial charge in [-0.05, 0) is 31.5 Å². The van der Waals surface area contributed by atoms with Crippen LogP contribution in [0.2, 0.25) is 10.0 Å². The van der Waals surface area contributed by atoms with Gasteiger partial charge in [0.25, 0.3) is 0 Å². The number of hydrogen-bond acceptors (Lipinski definition) is 4. The lowest BCUT2D eigenvalue weighted by molar-refractivity contribution is 0.0395. The summed E-state index contributed by atoms with van der Waals surface area (Å²) >= 11 is 12.1. The maximum Gasteiger partial charge on any atom is 0.135 e. The lowest BCUT2D eigenvalue weighted by Crippen LogP contribution is -2.39. The molecule has 6 heteroatoms. The summed E-state index contributed by atoms with van der Waals surface area (Å²) in [6, 6.07) is 5.64. The average Bonchev–Trinajstić information content (AvgIpc) is 2.52. The van der Waals surface area contributed by atoms with Gasteiger partial charge >= 0.3 is 0 Å². The highest BCUT2D eigenvalue weighted by molar-refractivity contribution is 6.42. The number of nitrogens with zero attached hydrogens (tertiary/aromatic N) is 3. The van der Waals surface area contributed by atoms with Crippen molar-refractivity contribution in [1.82, 2.24) is 9.97 Å². The van der Waals surface area contributed by atoms with E-state index in [0.29, 0.717) is 16.7 Å². The molecule has 0 spiro atoms. The van der Waals surface area contributed by atoms with Crippen molar-refractivity contribution in [3.8, 4) is 0 Å². The average molecular weight is 338 g/mol. The second-order valence-electron chi connectivity index (χ2n) is 5.40. The molecule has 1 aromatic heterocycles. The molecule has 0 N–H and O–H groups in total. The predicted molar refractivity (Wildman–Crippen MR) is 88.9 cm³/mol. The van der Waals surface area contributed by atoms with Crippen LogP contribution in [0.4, 0.5) is 5.82 Å². The quantitative estimate of drug-likeness (QED) is 0.830. The first kappa shape index (κ1) is 15.5. The van der Waals surface area contributed by atoms with Gasteiger partial charge in [-0.3, -0.25) is 0 Å². The summed E-state index contributed by atoms with van der Waals surface area (Å²) in [5.74, 6) is 1.75. The van der Waals surface area contributed by atoms with Crippen LogP contribution in [0.25, 0.3) is 0 Å². The smallest absolute Gasteiger partial charge is 0.135 e. The Morgan fingerprint density at radius 1 is 1.23 bits per heavy atom. The lowest BCUT2D eigenvalue weighted by atomic mass is 10.1. The second kappa shape index (κ2) is 6.41. The Balaban J connectivity index is 1.84.